The molecule has 1 aliphatic rings. The summed E-state index contributed by atoms with van der Waals surface area (Å²) in [6.45, 7) is 0.931. The molecule has 0 amide bonds. The number of aromatic amines is 1. The number of nitrogens with zero attached hydrogens (tertiary/aromatic N) is 5. The highest BCUT2D eigenvalue weighted by Gasteiger charge is 2.29. The summed E-state index contributed by atoms with van der Waals surface area (Å²) in [5.74, 6) is 0. The van der Waals surface area contributed by atoms with Gasteiger partial charge in [-0.1, -0.05) is 18.2 Å². The Labute approximate surface area is 166 Å². The number of benzene rings is 1. The molecule has 1 aromatic carbocycles. The lowest BCUT2D eigenvalue weighted by atomic mass is 10.1. The van der Waals surface area contributed by atoms with E-state index in [0.29, 0.717) is 18.5 Å². The number of aromatic nitrogens is 5. The first-order valence-electron chi connectivity index (χ1n) is 9.28. The van der Waals surface area contributed by atoms with Gasteiger partial charge in [0.05, 0.1) is 36.8 Å². The van der Waals surface area contributed by atoms with E-state index in [4.69, 9.17) is 0 Å². The summed E-state index contributed by atoms with van der Waals surface area (Å²) in [6, 6.07) is 7.75. The molecule has 0 bridgehead atoms. The number of para-hydroxylation sites is 1. The molecule has 150 valence electrons. The molecule has 0 saturated heterocycles. The number of fused-ring (bicyclic) bond motifs is 4. The van der Waals surface area contributed by atoms with Crippen LogP contribution in [-0.4, -0.2) is 50.1 Å². The van der Waals surface area contributed by atoms with Gasteiger partial charge in [-0.05, 0) is 18.1 Å². The summed E-state index contributed by atoms with van der Waals surface area (Å²) in [5.41, 5.74) is 3.84. The SMILES string of the molecule is Cn1c2c(c3cnn(Cc4n[nH]c5ccccc45)c(=O)c31)CCN(S(C)(=O)=O)C2. The molecule has 1 aliphatic heterocycles. The fourth-order valence-corrected chi connectivity index (χ4v) is 4.94. The first-order chi connectivity index (χ1) is 13.8. The summed E-state index contributed by atoms with van der Waals surface area (Å²) < 4.78 is 28.6. The Bertz CT molecular complexity index is 1430. The standard InChI is InChI=1S/C19H20N6O3S/c1-23-17-11-24(29(2,27)28)8-7-12(17)14-9-20-25(19(26)18(14)23)10-16-13-5-3-4-6-15(13)21-22-16/h3-6,9H,7-8,10-11H2,1-2H3,(H,21,22). The minimum Gasteiger partial charge on any atom is -0.342 e. The summed E-state index contributed by atoms with van der Waals surface area (Å²) in [6.07, 6.45) is 3.48. The predicted octanol–water partition coefficient (Wildman–Crippen LogP) is 0.977. The van der Waals surface area contributed by atoms with Crippen molar-refractivity contribution in [3.8, 4) is 0 Å². The highest BCUT2D eigenvalue weighted by atomic mass is 32.2. The third-order valence-electron chi connectivity index (χ3n) is 5.69. The van der Waals surface area contributed by atoms with E-state index >= 15 is 0 Å². The fraction of sp³-hybridized carbons (Fsp3) is 0.316. The Hall–Kier alpha value is -2.98. The van der Waals surface area contributed by atoms with E-state index in [9.17, 15) is 13.2 Å². The molecule has 29 heavy (non-hydrogen) atoms. The first-order valence-corrected chi connectivity index (χ1v) is 11.1. The Morgan fingerprint density at radius 3 is 2.79 bits per heavy atom. The molecule has 4 aromatic rings. The quantitative estimate of drug-likeness (QED) is 0.540. The topological polar surface area (TPSA) is 106 Å². The summed E-state index contributed by atoms with van der Waals surface area (Å²) in [4.78, 5) is 13.2. The minimum atomic E-state index is -3.29. The molecule has 3 aromatic heterocycles. The summed E-state index contributed by atoms with van der Waals surface area (Å²) in [5, 5.41) is 13.4. The van der Waals surface area contributed by atoms with E-state index in [0.717, 1.165) is 33.2 Å². The molecule has 4 heterocycles. The maximum Gasteiger partial charge on any atom is 0.291 e. The molecule has 0 saturated carbocycles. The van der Waals surface area contributed by atoms with Gasteiger partial charge in [-0.25, -0.2) is 13.1 Å². The second kappa shape index (κ2) is 6.26. The molecule has 1 N–H and O–H groups in total. The molecular weight excluding hydrogens is 392 g/mol. The number of sulfonamides is 1. The summed E-state index contributed by atoms with van der Waals surface area (Å²) in [7, 11) is -1.48. The van der Waals surface area contributed by atoms with Crippen molar-refractivity contribution in [2.24, 2.45) is 7.05 Å². The maximum absolute atomic E-state index is 13.2. The van der Waals surface area contributed by atoms with Gasteiger partial charge in [0.25, 0.3) is 5.56 Å². The van der Waals surface area contributed by atoms with Gasteiger partial charge >= 0.3 is 0 Å². The zero-order chi connectivity index (χ0) is 20.3. The van der Waals surface area contributed by atoms with Crippen LogP contribution in [0.5, 0.6) is 0 Å². The molecular formula is C19H20N6O3S. The van der Waals surface area contributed by atoms with Crippen LogP contribution in [0.1, 0.15) is 17.0 Å². The van der Waals surface area contributed by atoms with Crippen molar-refractivity contribution in [3.63, 3.8) is 0 Å². The van der Waals surface area contributed by atoms with Crippen molar-refractivity contribution >= 4 is 31.8 Å². The molecule has 10 heteroatoms. The van der Waals surface area contributed by atoms with Gasteiger partial charge in [0.15, 0.2) is 0 Å². The lowest BCUT2D eigenvalue weighted by Gasteiger charge is -2.25. The Kier molecular flexibility index (Phi) is 3.90. The maximum atomic E-state index is 13.2. The highest BCUT2D eigenvalue weighted by molar-refractivity contribution is 7.88. The lowest BCUT2D eigenvalue weighted by Crippen LogP contribution is -2.35. The Morgan fingerprint density at radius 1 is 1.21 bits per heavy atom. The third-order valence-corrected chi connectivity index (χ3v) is 6.94. The van der Waals surface area contributed by atoms with Crippen LogP contribution in [0, 0.1) is 0 Å². The van der Waals surface area contributed by atoms with Crippen molar-refractivity contribution in [1.82, 2.24) is 28.9 Å². The van der Waals surface area contributed by atoms with Crippen LogP contribution in [0.25, 0.3) is 21.8 Å². The van der Waals surface area contributed by atoms with E-state index < -0.39 is 10.0 Å². The van der Waals surface area contributed by atoms with Gasteiger partial charge < -0.3 is 4.57 Å². The van der Waals surface area contributed by atoms with Gasteiger partial charge in [-0.3, -0.25) is 9.89 Å². The number of H-pyrrole nitrogens is 1. The Morgan fingerprint density at radius 2 is 2.00 bits per heavy atom. The van der Waals surface area contributed by atoms with E-state index in [2.05, 4.69) is 15.3 Å². The van der Waals surface area contributed by atoms with Crippen LogP contribution in [-0.2, 0) is 36.6 Å². The van der Waals surface area contributed by atoms with Crippen molar-refractivity contribution in [2.75, 3.05) is 12.8 Å². The molecule has 0 spiro atoms. The zero-order valence-corrected chi connectivity index (χ0v) is 16.9. The smallest absolute Gasteiger partial charge is 0.291 e. The third kappa shape index (κ3) is 2.78. The predicted molar refractivity (Wildman–Crippen MR) is 109 cm³/mol. The zero-order valence-electron chi connectivity index (χ0n) is 16.1. The van der Waals surface area contributed by atoms with Gasteiger partial charge in [-0.15, -0.1) is 0 Å². The molecule has 0 atom stereocenters. The second-order valence-electron chi connectivity index (χ2n) is 7.42. The van der Waals surface area contributed by atoms with Gasteiger partial charge in [0, 0.05) is 30.1 Å². The van der Waals surface area contributed by atoms with E-state index in [1.165, 1.54) is 15.2 Å². The number of aryl methyl sites for hydroxylation is 1. The number of hydrogen-bond donors (Lipinski definition) is 1. The Balaban J connectivity index is 1.61. The molecule has 0 fully saturated rings. The molecule has 0 aliphatic carbocycles. The molecule has 0 radical (unpaired) electrons. The summed E-state index contributed by atoms with van der Waals surface area (Å²) >= 11 is 0. The lowest BCUT2D eigenvalue weighted by molar-refractivity contribution is 0.386. The van der Waals surface area contributed by atoms with Crippen LogP contribution < -0.4 is 5.56 Å². The molecule has 5 rings (SSSR count). The number of hydrogen-bond acceptors (Lipinski definition) is 5. The number of nitrogens with one attached hydrogen (secondary N) is 1. The van der Waals surface area contributed by atoms with E-state index in [-0.39, 0.29) is 18.6 Å². The monoisotopic (exact) mass is 412 g/mol. The highest BCUT2D eigenvalue weighted by Crippen LogP contribution is 2.29. The number of rotatable bonds is 3. The molecule has 9 nitrogen and oxygen atoms in total. The van der Waals surface area contributed by atoms with Crippen LogP contribution in [0.3, 0.4) is 0 Å². The van der Waals surface area contributed by atoms with E-state index in [1.807, 2.05) is 35.9 Å². The van der Waals surface area contributed by atoms with Gasteiger partial charge in [0.2, 0.25) is 10.0 Å². The fourth-order valence-electron chi connectivity index (χ4n) is 4.16. The largest absolute Gasteiger partial charge is 0.342 e. The average molecular weight is 412 g/mol. The molecule has 0 unspecified atom stereocenters. The van der Waals surface area contributed by atoms with Gasteiger partial charge in [-0.2, -0.15) is 14.5 Å². The van der Waals surface area contributed by atoms with Crippen LogP contribution in [0.4, 0.5) is 0 Å². The van der Waals surface area contributed by atoms with Gasteiger partial charge in [0.1, 0.15) is 5.52 Å². The normalized spacial score (nSPS) is 15.2. The van der Waals surface area contributed by atoms with Crippen molar-refractivity contribution in [2.45, 2.75) is 19.5 Å². The van der Waals surface area contributed by atoms with Crippen molar-refractivity contribution in [1.29, 1.82) is 0 Å². The second-order valence-corrected chi connectivity index (χ2v) is 9.40. The average Bonchev–Trinajstić information content (AvgIpc) is 3.23. The van der Waals surface area contributed by atoms with Crippen molar-refractivity contribution < 1.29 is 8.42 Å². The first kappa shape index (κ1) is 18.1. The van der Waals surface area contributed by atoms with Crippen molar-refractivity contribution in [3.05, 3.63) is 57.8 Å². The van der Waals surface area contributed by atoms with Crippen LogP contribution in [0.15, 0.2) is 35.3 Å². The van der Waals surface area contributed by atoms with Crippen LogP contribution in [0.2, 0.25) is 0 Å². The minimum absolute atomic E-state index is 0.211. The van der Waals surface area contributed by atoms with E-state index in [1.54, 1.807) is 6.20 Å². The van der Waals surface area contributed by atoms with Crippen LogP contribution >= 0.6 is 0 Å².